The van der Waals surface area contributed by atoms with Crippen LogP contribution in [0.25, 0.3) is 5.76 Å². The molecule has 2 atom stereocenters. The van der Waals surface area contributed by atoms with Gasteiger partial charge < -0.3 is 19.5 Å². The number of carbonyl (C=O) groups is 2. The van der Waals surface area contributed by atoms with E-state index in [1.54, 1.807) is 36.7 Å². The highest BCUT2D eigenvalue weighted by Crippen LogP contribution is 2.44. The highest BCUT2D eigenvalue weighted by atomic mass is 16.5. The van der Waals surface area contributed by atoms with Gasteiger partial charge in [-0.2, -0.15) is 0 Å². The van der Waals surface area contributed by atoms with E-state index in [-0.39, 0.29) is 24.0 Å². The summed E-state index contributed by atoms with van der Waals surface area (Å²) in [4.78, 5) is 32.3. The molecule has 1 saturated heterocycles. The fourth-order valence-electron chi connectivity index (χ4n) is 4.77. The fourth-order valence-corrected chi connectivity index (χ4v) is 4.77. The summed E-state index contributed by atoms with van der Waals surface area (Å²) in [5.74, 6) is -0.294. The number of likely N-dealkylation sites (tertiary alicyclic amines) is 1. The Kier molecular flexibility index (Phi) is 5.99. The standard InChI is InChI=1S/C28H26N2O5/c1-3-34-23-9-5-4-8-21(23)25-24(26(31)19-10-11-22-20(14-19)13-17(2)35-22)27(32)28(33)30(25)16-18-7-6-12-29-15-18/h4-12,14-15,17,25,31H,3,13,16H2,1-2H3. The van der Waals surface area contributed by atoms with Crippen molar-refractivity contribution in [3.63, 3.8) is 0 Å². The van der Waals surface area contributed by atoms with Crippen molar-refractivity contribution in [2.45, 2.75) is 39.0 Å². The van der Waals surface area contributed by atoms with Gasteiger partial charge in [0.15, 0.2) is 0 Å². The number of para-hydroxylation sites is 1. The Bertz CT molecular complexity index is 1320. The Morgan fingerprint density at radius 2 is 2.00 bits per heavy atom. The molecule has 1 fully saturated rings. The van der Waals surface area contributed by atoms with Crippen LogP contribution in [0.15, 0.2) is 72.6 Å². The molecule has 2 aliphatic rings. The number of pyridine rings is 1. The molecule has 3 aromatic rings. The quantitative estimate of drug-likeness (QED) is 0.326. The normalized spacial score (nSPS) is 20.6. The van der Waals surface area contributed by atoms with Crippen LogP contribution in [-0.2, 0) is 22.6 Å². The van der Waals surface area contributed by atoms with E-state index < -0.39 is 17.7 Å². The molecule has 178 valence electrons. The maximum absolute atomic E-state index is 13.4. The van der Waals surface area contributed by atoms with Crippen molar-refractivity contribution in [3.05, 3.63) is 94.8 Å². The Labute approximate surface area is 203 Å². The molecule has 2 aromatic carbocycles. The number of aliphatic hydroxyl groups is 1. The first-order chi connectivity index (χ1) is 17.0. The van der Waals surface area contributed by atoms with E-state index in [9.17, 15) is 14.7 Å². The van der Waals surface area contributed by atoms with Crippen molar-refractivity contribution in [2.24, 2.45) is 0 Å². The summed E-state index contributed by atoms with van der Waals surface area (Å²) in [7, 11) is 0. The van der Waals surface area contributed by atoms with Crippen LogP contribution in [0.4, 0.5) is 0 Å². The Hall–Kier alpha value is -4.13. The molecule has 7 nitrogen and oxygen atoms in total. The maximum atomic E-state index is 13.4. The van der Waals surface area contributed by atoms with Crippen LogP contribution in [-0.4, -0.2) is 39.4 Å². The van der Waals surface area contributed by atoms with Crippen molar-refractivity contribution in [2.75, 3.05) is 6.61 Å². The van der Waals surface area contributed by atoms with Crippen molar-refractivity contribution in [1.29, 1.82) is 0 Å². The molecule has 0 radical (unpaired) electrons. The summed E-state index contributed by atoms with van der Waals surface area (Å²) in [6.07, 6.45) is 4.07. The number of aromatic nitrogens is 1. The van der Waals surface area contributed by atoms with Gasteiger partial charge in [-0.3, -0.25) is 14.6 Å². The minimum atomic E-state index is -0.818. The SMILES string of the molecule is CCOc1ccccc1C1C(=C(O)c2ccc3c(c2)CC(C)O3)C(=O)C(=O)N1Cc1cccnc1. The lowest BCUT2D eigenvalue weighted by atomic mass is 9.93. The van der Waals surface area contributed by atoms with Gasteiger partial charge in [-0.25, -0.2) is 0 Å². The summed E-state index contributed by atoms with van der Waals surface area (Å²) in [6, 6.07) is 15.4. The Morgan fingerprint density at radius 3 is 2.77 bits per heavy atom. The van der Waals surface area contributed by atoms with Gasteiger partial charge in [0.1, 0.15) is 23.4 Å². The van der Waals surface area contributed by atoms with E-state index >= 15 is 0 Å². The lowest BCUT2D eigenvalue weighted by Crippen LogP contribution is -2.29. The minimum absolute atomic E-state index is 0.0398. The van der Waals surface area contributed by atoms with Crippen LogP contribution in [0.5, 0.6) is 11.5 Å². The number of benzene rings is 2. The second-order valence-corrected chi connectivity index (χ2v) is 8.71. The van der Waals surface area contributed by atoms with Gasteiger partial charge in [0.05, 0.1) is 18.2 Å². The second kappa shape index (κ2) is 9.25. The highest BCUT2D eigenvalue weighted by Gasteiger charge is 2.47. The molecule has 2 unspecified atom stereocenters. The molecule has 3 heterocycles. The Morgan fingerprint density at radius 1 is 1.17 bits per heavy atom. The summed E-state index contributed by atoms with van der Waals surface area (Å²) in [6.45, 7) is 4.43. The number of aliphatic hydroxyl groups excluding tert-OH is 1. The molecule has 1 aromatic heterocycles. The van der Waals surface area contributed by atoms with Crippen LogP contribution < -0.4 is 9.47 Å². The lowest BCUT2D eigenvalue weighted by Gasteiger charge is -2.26. The number of rotatable bonds is 6. The molecule has 7 heteroatoms. The molecule has 0 aliphatic carbocycles. The van der Waals surface area contributed by atoms with Crippen molar-refractivity contribution in [3.8, 4) is 11.5 Å². The number of Topliss-reactive ketones (excluding diaryl/α,β-unsaturated/α-hetero) is 1. The van der Waals surface area contributed by atoms with Crippen molar-refractivity contribution >= 4 is 17.4 Å². The van der Waals surface area contributed by atoms with Gasteiger partial charge in [-0.1, -0.05) is 24.3 Å². The first kappa shape index (κ1) is 22.7. The summed E-state index contributed by atoms with van der Waals surface area (Å²) >= 11 is 0. The fraction of sp³-hybridized carbons (Fsp3) is 0.250. The summed E-state index contributed by atoms with van der Waals surface area (Å²) < 4.78 is 11.6. The monoisotopic (exact) mass is 470 g/mol. The van der Waals surface area contributed by atoms with E-state index in [0.717, 1.165) is 16.9 Å². The molecule has 2 aliphatic heterocycles. The van der Waals surface area contributed by atoms with Gasteiger partial charge in [0, 0.05) is 36.5 Å². The average Bonchev–Trinajstić information content (AvgIpc) is 3.36. The predicted molar refractivity (Wildman–Crippen MR) is 130 cm³/mol. The smallest absolute Gasteiger partial charge is 0.295 e. The largest absolute Gasteiger partial charge is 0.507 e. The molecule has 0 saturated carbocycles. The summed E-state index contributed by atoms with van der Waals surface area (Å²) in [5.41, 5.74) is 2.88. The molecule has 5 rings (SSSR count). The first-order valence-corrected chi connectivity index (χ1v) is 11.7. The van der Waals surface area contributed by atoms with Gasteiger partial charge in [-0.05, 0) is 55.3 Å². The van der Waals surface area contributed by atoms with Crippen LogP contribution in [0, 0.1) is 0 Å². The third-order valence-corrected chi connectivity index (χ3v) is 6.30. The predicted octanol–water partition coefficient (Wildman–Crippen LogP) is 4.43. The van der Waals surface area contributed by atoms with Gasteiger partial charge in [-0.15, -0.1) is 0 Å². The first-order valence-electron chi connectivity index (χ1n) is 11.7. The molecular weight excluding hydrogens is 444 g/mol. The van der Waals surface area contributed by atoms with Crippen molar-refractivity contribution < 1.29 is 24.2 Å². The topological polar surface area (TPSA) is 89.0 Å². The zero-order valence-electron chi connectivity index (χ0n) is 19.6. The zero-order valence-corrected chi connectivity index (χ0v) is 19.6. The van der Waals surface area contributed by atoms with Gasteiger partial charge in [0.2, 0.25) is 0 Å². The van der Waals surface area contributed by atoms with E-state index in [0.29, 0.717) is 29.9 Å². The lowest BCUT2D eigenvalue weighted by molar-refractivity contribution is -0.140. The van der Waals surface area contributed by atoms with Crippen LogP contribution in [0.2, 0.25) is 0 Å². The number of hydrogen-bond donors (Lipinski definition) is 1. The molecule has 1 amide bonds. The highest BCUT2D eigenvalue weighted by molar-refractivity contribution is 6.46. The molecule has 35 heavy (non-hydrogen) atoms. The number of amides is 1. The number of ether oxygens (including phenoxy) is 2. The second-order valence-electron chi connectivity index (χ2n) is 8.71. The molecule has 0 bridgehead atoms. The molecule has 0 spiro atoms. The third-order valence-electron chi connectivity index (χ3n) is 6.30. The van der Waals surface area contributed by atoms with E-state index in [1.807, 2.05) is 44.2 Å². The number of ketones is 1. The molecule has 1 N–H and O–H groups in total. The third kappa shape index (κ3) is 4.14. The van der Waals surface area contributed by atoms with Crippen LogP contribution >= 0.6 is 0 Å². The number of nitrogens with zero attached hydrogens (tertiary/aromatic N) is 2. The molecular formula is C28H26N2O5. The van der Waals surface area contributed by atoms with Crippen molar-refractivity contribution in [1.82, 2.24) is 9.88 Å². The Balaban J connectivity index is 1.66. The average molecular weight is 471 g/mol. The van der Waals surface area contributed by atoms with Crippen LogP contribution in [0.1, 0.15) is 42.1 Å². The number of hydrogen-bond acceptors (Lipinski definition) is 6. The van der Waals surface area contributed by atoms with E-state index in [1.165, 1.54) is 4.90 Å². The van der Waals surface area contributed by atoms with Gasteiger partial charge >= 0.3 is 0 Å². The van der Waals surface area contributed by atoms with Crippen LogP contribution in [0.3, 0.4) is 0 Å². The number of fused-ring (bicyclic) bond motifs is 1. The summed E-state index contributed by atoms with van der Waals surface area (Å²) in [5, 5.41) is 11.4. The van der Waals surface area contributed by atoms with E-state index in [2.05, 4.69) is 4.98 Å². The zero-order chi connectivity index (χ0) is 24.5. The maximum Gasteiger partial charge on any atom is 0.295 e. The minimum Gasteiger partial charge on any atom is -0.507 e. The van der Waals surface area contributed by atoms with Gasteiger partial charge in [0.25, 0.3) is 11.7 Å². The van der Waals surface area contributed by atoms with E-state index in [4.69, 9.17) is 9.47 Å². The number of carbonyl (C=O) groups excluding carboxylic acids is 2.